The topological polar surface area (TPSA) is 3.88 Å². The Morgan fingerprint density at radius 3 is 2.92 bits per heavy atom. The molecule has 0 spiro atoms. The molecule has 0 radical (unpaired) electrons. The molecule has 3 heteroatoms. The zero-order valence-electron chi connectivity index (χ0n) is 8.19. The molecule has 1 nitrogen and oxygen atoms in total. The van der Waals surface area contributed by atoms with E-state index in [2.05, 4.69) is 42.2 Å². The Bertz CT molecular complexity index is 250. The maximum absolute atomic E-state index is 2.23. The van der Waals surface area contributed by atoms with Gasteiger partial charge < -0.3 is 0 Å². The van der Waals surface area contributed by atoms with E-state index in [1.54, 1.807) is 0 Å². The number of nitrogens with zero attached hydrogens (tertiary/aromatic N) is 1. The van der Waals surface area contributed by atoms with Crippen LogP contribution in [0.4, 0.5) is 0 Å². The molecule has 0 fully saturated rings. The molecule has 0 saturated carbocycles. The molecule has 0 atom stereocenters. The Labute approximate surface area is 88.5 Å². The van der Waals surface area contributed by atoms with E-state index < -0.39 is 0 Å². The highest BCUT2D eigenvalue weighted by molar-refractivity contribution is 8.74. The number of unbranched alkanes of at least 4 members (excludes halogenated alkanes) is 1. The number of aryl methyl sites for hydroxylation is 1. The minimum atomic E-state index is 1.24. The van der Waals surface area contributed by atoms with E-state index in [0.29, 0.717) is 0 Å². The van der Waals surface area contributed by atoms with Gasteiger partial charge in [-0.2, -0.15) is 0 Å². The lowest BCUT2D eigenvalue weighted by atomic mass is 10.4. The molecule has 1 heterocycles. The summed E-state index contributed by atoms with van der Waals surface area (Å²) in [5.74, 6) is 1.24. The lowest BCUT2D eigenvalue weighted by Gasteiger charge is -1.95. The minimum absolute atomic E-state index is 1.24. The van der Waals surface area contributed by atoms with Crippen LogP contribution in [0.3, 0.4) is 0 Å². The predicted octanol–water partition coefficient (Wildman–Crippen LogP) is 3.23. The summed E-state index contributed by atoms with van der Waals surface area (Å²) in [6, 6.07) is 6.27. The number of hydrogen-bond acceptors (Lipinski definition) is 2. The Morgan fingerprint density at radius 2 is 2.23 bits per heavy atom. The second kappa shape index (κ2) is 6.33. The van der Waals surface area contributed by atoms with E-state index in [1.165, 1.54) is 24.3 Å². The third kappa shape index (κ3) is 4.05. The molecule has 1 aromatic rings. The van der Waals surface area contributed by atoms with Gasteiger partial charge in [0.25, 0.3) is 0 Å². The molecule has 0 saturated heterocycles. The summed E-state index contributed by atoms with van der Waals surface area (Å²) < 4.78 is 2.21. The zero-order valence-corrected chi connectivity index (χ0v) is 9.83. The maximum atomic E-state index is 2.23. The summed E-state index contributed by atoms with van der Waals surface area (Å²) in [6.45, 7) is 4.36. The van der Waals surface area contributed by atoms with Gasteiger partial charge in [0.15, 0.2) is 11.9 Å². The maximum Gasteiger partial charge on any atom is 0.238 e. The minimum Gasteiger partial charge on any atom is -0.122 e. The van der Waals surface area contributed by atoms with Gasteiger partial charge in [-0.1, -0.05) is 19.4 Å². The quantitative estimate of drug-likeness (QED) is 0.421. The largest absolute Gasteiger partial charge is 0.238 e. The number of hydrogen-bond donors (Lipinski definition) is 0. The average Bonchev–Trinajstić information content (AvgIpc) is 2.15. The first-order valence-corrected chi connectivity index (χ1v) is 6.89. The molecule has 0 unspecified atom stereocenters. The Hall–Kier alpha value is -0.150. The van der Waals surface area contributed by atoms with Gasteiger partial charge in [-0.15, -0.1) is 3.97 Å². The molecule has 0 aliphatic heterocycles. The average molecular weight is 214 g/mol. The molecule has 72 valence electrons. The van der Waals surface area contributed by atoms with Crippen molar-refractivity contribution in [2.24, 2.45) is 0 Å². The van der Waals surface area contributed by atoms with E-state index in [1.807, 2.05) is 21.8 Å². The summed E-state index contributed by atoms with van der Waals surface area (Å²) >= 11 is 0. The molecule has 0 bridgehead atoms. The van der Waals surface area contributed by atoms with Crippen LogP contribution in [-0.2, 0) is 0 Å². The summed E-state index contributed by atoms with van der Waals surface area (Å²) in [5.41, 5.74) is 1.30. The predicted molar refractivity (Wildman–Crippen MR) is 61.7 cm³/mol. The molecule has 1 rings (SSSR count). The molecule has 13 heavy (non-hydrogen) atoms. The molecule has 0 aliphatic rings. The van der Waals surface area contributed by atoms with Gasteiger partial charge in [0.2, 0.25) is 11.0 Å². The van der Waals surface area contributed by atoms with Gasteiger partial charge in [-0.05, 0) is 17.2 Å². The third-order valence-electron chi connectivity index (χ3n) is 1.73. The SMILES string of the molecule is CCCCSS[n+]1ccccc1C. The van der Waals surface area contributed by atoms with Crippen LogP contribution in [0.15, 0.2) is 24.4 Å². The highest BCUT2D eigenvalue weighted by Gasteiger charge is 2.05. The summed E-state index contributed by atoms with van der Waals surface area (Å²) in [5, 5.41) is 0. The van der Waals surface area contributed by atoms with E-state index in [9.17, 15) is 0 Å². The van der Waals surface area contributed by atoms with Crippen LogP contribution in [0.5, 0.6) is 0 Å². The smallest absolute Gasteiger partial charge is 0.122 e. The third-order valence-corrected chi connectivity index (χ3v) is 4.16. The zero-order chi connectivity index (χ0) is 9.52. The van der Waals surface area contributed by atoms with Crippen LogP contribution in [-0.4, -0.2) is 5.75 Å². The molecule has 0 N–H and O–H groups in total. The highest BCUT2D eigenvalue weighted by atomic mass is 33.1. The molecule has 0 aromatic carbocycles. The van der Waals surface area contributed by atoms with E-state index >= 15 is 0 Å². The van der Waals surface area contributed by atoms with Gasteiger partial charge >= 0.3 is 0 Å². The fourth-order valence-electron chi connectivity index (χ4n) is 0.895. The molecular weight excluding hydrogens is 198 g/mol. The normalized spacial score (nSPS) is 10.3. The van der Waals surface area contributed by atoms with Crippen molar-refractivity contribution in [2.75, 3.05) is 5.75 Å². The standard InChI is InChI=1S/C10H16NS2/c1-3-4-9-12-13-11-8-6-5-7-10(11)2/h5-8H,3-4,9H2,1-2H3/q+1. The van der Waals surface area contributed by atoms with Gasteiger partial charge in [0, 0.05) is 24.8 Å². The Kier molecular flexibility index (Phi) is 5.32. The van der Waals surface area contributed by atoms with Gasteiger partial charge in [0.05, 0.1) is 0 Å². The first-order chi connectivity index (χ1) is 6.34. The Balaban J connectivity index is 2.32. The fraction of sp³-hybridized carbons (Fsp3) is 0.500. The van der Waals surface area contributed by atoms with Crippen molar-refractivity contribution in [1.82, 2.24) is 0 Å². The lowest BCUT2D eigenvalue weighted by Crippen LogP contribution is -2.26. The summed E-state index contributed by atoms with van der Waals surface area (Å²) in [6.07, 6.45) is 4.70. The Morgan fingerprint density at radius 1 is 1.38 bits per heavy atom. The van der Waals surface area contributed by atoms with Crippen molar-refractivity contribution in [3.63, 3.8) is 0 Å². The van der Waals surface area contributed by atoms with Crippen molar-refractivity contribution in [1.29, 1.82) is 0 Å². The second-order valence-electron chi connectivity index (χ2n) is 2.92. The van der Waals surface area contributed by atoms with Crippen molar-refractivity contribution in [2.45, 2.75) is 26.7 Å². The van der Waals surface area contributed by atoms with Crippen LogP contribution in [0.25, 0.3) is 0 Å². The van der Waals surface area contributed by atoms with Crippen molar-refractivity contribution < 1.29 is 3.97 Å². The van der Waals surface area contributed by atoms with Crippen molar-refractivity contribution >= 4 is 21.8 Å². The summed E-state index contributed by atoms with van der Waals surface area (Å²) in [7, 11) is 3.75. The second-order valence-corrected chi connectivity index (χ2v) is 5.26. The van der Waals surface area contributed by atoms with Gasteiger partial charge in [-0.25, -0.2) is 0 Å². The number of rotatable bonds is 5. The number of pyridine rings is 1. The number of aromatic nitrogens is 1. The van der Waals surface area contributed by atoms with E-state index in [0.717, 1.165) is 0 Å². The highest BCUT2D eigenvalue weighted by Crippen LogP contribution is 2.18. The van der Waals surface area contributed by atoms with Crippen LogP contribution >= 0.6 is 21.8 Å². The van der Waals surface area contributed by atoms with Crippen LogP contribution in [0.1, 0.15) is 25.5 Å². The fourth-order valence-corrected chi connectivity index (χ4v) is 3.21. The van der Waals surface area contributed by atoms with Crippen LogP contribution in [0, 0.1) is 6.92 Å². The van der Waals surface area contributed by atoms with Crippen molar-refractivity contribution in [3.05, 3.63) is 30.1 Å². The molecular formula is C10H16NS2+. The molecule has 0 amide bonds. The van der Waals surface area contributed by atoms with Gasteiger partial charge in [0.1, 0.15) is 0 Å². The lowest BCUT2D eigenvalue weighted by molar-refractivity contribution is -0.499. The first-order valence-electron chi connectivity index (χ1n) is 4.62. The molecule has 0 aliphatic carbocycles. The van der Waals surface area contributed by atoms with Crippen LogP contribution < -0.4 is 3.97 Å². The van der Waals surface area contributed by atoms with Crippen molar-refractivity contribution in [3.8, 4) is 0 Å². The summed E-state index contributed by atoms with van der Waals surface area (Å²) in [4.78, 5) is 0. The monoisotopic (exact) mass is 214 g/mol. The van der Waals surface area contributed by atoms with Gasteiger partial charge in [-0.3, -0.25) is 0 Å². The van der Waals surface area contributed by atoms with E-state index in [-0.39, 0.29) is 0 Å². The van der Waals surface area contributed by atoms with E-state index in [4.69, 9.17) is 0 Å². The first kappa shape index (κ1) is 10.9. The molecule has 1 aromatic heterocycles. The van der Waals surface area contributed by atoms with Crippen LogP contribution in [0.2, 0.25) is 0 Å².